The van der Waals surface area contributed by atoms with E-state index in [0.29, 0.717) is 17.4 Å². The summed E-state index contributed by atoms with van der Waals surface area (Å²) in [6, 6.07) is 2.28. The Morgan fingerprint density at radius 2 is 1.57 bits per heavy atom. The fourth-order valence-corrected chi connectivity index (χ4v) is 3.63. The third-order valence-electron chi connectivity index (χ3n) is 4.97. The van der Waals surface area contributed by atoms with Crippen LogP contribution in [0.4, 0.5) is 13.2 Å². The average molecular weight is 328 g/mol. The van der Waals surface area contributed by atoms with E-state index in [9.17, 15) is 13.2 Å². The van der Waals surface area contributed by atoms with E-state index in [-0.39, 0.29) is 12.2 Å². The maximum absolute atomic E-state index is 13.4. The van der Waals surface area contributed by atoms with Crippen molar-refractivity contribution < 1.29 is 22.6 Å². The molecule has 2 nitrogen and oxygen atoms in total. The van der Waals surface area contributed by atoms with Gasteiger partial charge in [0.15, 0.2) is 23.7 Å². The van der Waals surface area contributed by atoms with Crippen LogP contribution in [0, 0.1) is 29.3 Å². The zero-order chi connectivity index (χ0) is 16.4. The Balaban J connectivity index is 1.64. The molecule has 3 rings (SSSR count). The molecule has 1 aliphatic carbocycles. The molecule has 0 spiro atoms. The van der Waals surface area contributed by atoms with Crippen LogP contribution in [0.2, 0.25) is 0 Å². The molecule has 1 aromatic rings. The van der Waals surface area contributed by atoms with Crippen molar-refractivity contribution in [1.82, 2.24) is 0 Å². The van der Waals surface area contributed by atoms with Gasteiger partial charge in [-0.05, 0) is 49.3 Å². The van der Waals surface area contributed by atoms with Gasteiger partial charge >= 0.3 is 0 Å². The Morgan fingerprint density at radius 1 is 0.913 bits per heavy atom. The summed E-state index contributed by atoms with van der Waals surface area (Å²) in [5.74, 6) is -2.79. The summed E-state index contributed by atoms with van der Waals surface area (Å²) in [6.07, 6.45) is 4.34. The molecular formula is C18H23F3O2. The van der Waals surface area contributed by atoms with Crippen LogP contribution in [-0.2, 0) is 9.47 Å². The smallest absolute Gasteiger partial charge is 0.194 e. The molecule has 2 atom stereocenters. The van der Waals surface area contributed by atoms with Gasteiger partial charge in [-0.3, -0.25) is 0 Å². The largest absolute Gasteiger partial charge is 0.352 e. The van der Waals surface area contributed by atoms with Gasteiger partial charge in [-0.1, -0.05) is 13.3 Å². The lowest BCUT2D eigenvalue weighted by molar-refractivity contribution is -0.223. The highest BCUT2D eigenvalue weighted by Crippen LogP contribution is 2.37. The van der Waals surface area contributed by atoms with E-state index in [0.717, 1.165) is 57.5 Å². The molecule has 0 amide bonds. The minimum Gasteiger partial charge on any atom is -0.352 e. The summed E-state index contributed by atoms with van der Waals surface area (Å²) < 4.78 is 51.6. The van der Waals surface area contributed by atoms with Gasteiger partial charge in [-0.15, -0.1) is 0 Å². The summed E-state index contributed by atoms with van der Waals surface area (Å²) in [6.45, 7) is 3.54. The monoisotopic (exact) mass is 328 g/mol. The van der Waals surface area contributed by atoms with Gasteiger partial charge in [0.25, 0.3) is 0 Å². The minimum absolute atomic E-state index is 0.0621. The summed E-state index contributed by atoms with van der Waals surface area (Å²) >= 11 is 0. The zero-order valence-electron chi connectivity index (χ0n) is 13.4. The van der Waals surface area contributed by atoms with E-state index < -0.39 is 17.5 Å². The van der Waals surface area contributed by atoms with Gasteiger partial charge in [-0.25, -0.2) is 13.2 Å². The van der Waals surface area contributed by atoms with Crippen molar-refractivity contribution in [2.75, 3.05) is 13.2 Å². The van der Waals surface area contributed by atoms with E-state index in [1.807, 2.05) is 0 Å². The van der Waals surface area contributed by atoms with Crippen molar-refractivity contribution >= 4 is 0 Å². The third-order valence-corrected chi connectivity index (χ3v) is 4.97. The molecule has 2 unspecified atom stereocenters. The quantitative estimate of drug-likeness (QED) is 0.575. The number of ether oxygens (including phenoxy) is 2. The van der Waals surface area contributed by atoms with Crippen molar-refractivity contribution in [3.8, 4) is 0 Å². The summed E-state index contributed by atoms with van der Waals surface area (Å²) in [7, 11) is 0. The first-order chi connectivity index (χ1) is 11.0. The first-order valence-corrected chi connectivity index (χ1v) is 8.42. The molecule has 128 valence electrons. The molecule has 0 bridgehead atoms. The topological polar surface area (TPSA) is 18.5 Å². The predicted octanol–water partition coefficient (Wildman–Crippen LogP) is 4.78. The molecule has 1 saturated carbocycles. The van der Waals surface area contributed by atoms with Gasteiger partial charge in [0, 0.05) is 11.8 Å². The van der Waals surface area contributed by atoms with Gasteiger partial charge in [-0.2, -0.15) is 0 Å². The standard InChI is InChI=1S/C18H23F3O2/c1-11-9-22-18(23-10-11)13-4-2-3-12(5-6-13)14-7-15(19)17(21)16(20)8-14/h7-8,11-13,18H,2-6,9-10H2,1H3. The Morgan fingerprint density at radius 3 is 2.22 bits per heavy atom. The highest BCUT2D eigenvalue weighted by Gasteiger charge is 2.30. The lowest BCUT2D eigenvalue weighted by Crippen LogP contribution is -2.36. The SMILES string of the molecule is CC1COC(C2CCCC(c3cc(F)c(F)c(F)c3)CC2)OC1. The van der Waals surface area contributed by atoms with Crippen LogP contribution >= 0.6 is 0 Å². The molecule has 0 N–H and O–H groups in total. The minimum atomic E-state index is -1.39. The van der Waals surface area contributed by atoms with E-state index in [1.54, 1.807) is 0 Å². The van der Waals surface area contributed by atoms with Crippen LogP contribution in [0.15, 0.2) is 12.1 Å². The van der Waals surface area contributed by atoms with Crippen LogP contribution < -0.4 is 0 Å². The maximum Gasteiger partial charge on any atom is 0.194 e. The van der Waals surface area contributed by atoms with Crippen molar-refractivity contribution in [1.29, 1.82) is 0 Å². The molecule has 1 saturated heterocycles. The zero-order valence-corrected chi connectivity index (χ0v) is 13.4. The fraction of sp³-hybridized carbons (Fsp3) is 0.667. The highest BCUT2D eigenvalue weighted by molar-refractivity contribution is 5.23. The first-order valence-electron chi connectivity index (χ1n) is 8.42. The van der Waals surface area contributed by atoms with E-state index in [4.69, 9.17) is 9.47 Å². The molecule has 2 fully saturated rings. The third kappa shape index (κ3) is 3.89. The number of benzene rings is 1. The Labute approximate surface area is 135 Å². The molecule has 0 radical (unpaired) electrons. The second-order valence-electron chi connectivity index (χ2n) is 6.90. The van der Waals surface area contributed by atoms with Crippen LogP contribution in [-0.4, -0.2) is 19.5 Å². The lowest BCUT2D eigenvalue weighted by atomic mass is 9.91. The highest BCUT2D eigenvalue weighted by atomic mass is 19.2. The predicted molar refractivity (Wildman–Crippen MR) is 80.5 cm³/mol. The van der Waals surface area contributed by atoms with E-state index in [1.165, 1.54) is 0 Å². The average Bonchev–Trinajstić information content (AvgIpc) is 2.79. The normalized spacial score (nSPS) is 32.5. The number of rotatable bonds is 2. The fourth-order valence-electron chi connectivity index (χ4n) is 3.63. The van der Waals surface area contributed by atoms with Gasteiger partial charge in [0.2, 0.25) is 0 Å². The lowest BCUT2D eigenvalue weighted by Gasteiger charge is -2.32. The van der Waals surface area contributed by atoms with Gasteiger partial charge < -0.3 is 9.47 Å². The summed E-state index contributed by atoms with van der Waals surface area (Å²) in [5.41, 5.74) is 0.557. The van der Waals surface area contributed by atoms with Crippen LogP contribution in [0.1, 0.15) is 50.5 Å². The van der Waals surface area contributed by atoms with Crippen molar-refractivity contribution in [2.45, 2.75) is 51.2 Å². The van der Waals surface area contributed by atoms with Crippen LogP contribution in [0.25, 0.3) is 0 Å². The summed E-state index contributed by atoms with van der Waals surface area (Å²) in [5, 5.41) is 0. The van der Waals surface area contributed by atoms with Gasteiger partial charge in [0.05, 0.1) is 13.2 Å². The Bertz CT molecular complexity index is 518. The van der Waals surface area contributed by atoms with E-state index in [2.05, 4.69) is 6.92 Å². The molecule has 2 aliphatic rings. The molecule has 5 heteroatoms. The number of hydrogen-bond donors (Lipinski definition) is 0. The van der Waals surface area contributed by atoms with E-state index >= 15 is 0 Å². The molecular weight excluding hydrogens is 305 g/mol. The van der Waals surface area contributed by atoms with Crippen molar-refractivity contribution in [3.63, 3.8) is 0 Å². The van der Waals surface area contributed by atoms with Crippen LogP contribution in [0.5, 0.6) is 0 Å². The molecule has 1 aromatic carbocycles. The van der Waals surface area contributed by atoms with Gasteiger partial charge in [0.1, 0.15) is 0 Å². The van der Waals surface area contributed by atoms with Crippen molar-refractivity contribution in [2.24, 2.45) is 11.8 Å². The molecule has 0 aromatic heterocycles. The molecule has 23 heavy (non-hydrogen) atoms. The molecule has 1 heterocycles. The second kappa shape index (κ2) is 7.22. The van der Waals surface area contributed by atoms with Crippen LogP contribution in [0.3, 0.4) is 0 Å². The first kappa shape index (κ1) is 16.8. The number of halogens is 3. The maximum atomic E-state index is 13.4. The second-order valence-corrected chi connectivity index (χ2v) is 6.90. The molecule has 1 aliphatic heterocycles. The Kier molecular flexibility index (Phi) is 5.27. The summed E-state index contributed by atoms with van der Waals surface area (Å²) in [4.78, 5) is 0. The van der Waals surface area contributed by atoms with Crippen molar-refractivity contribution in [3.05, 3.63) is 35.1 Å². The number of hydrogen-bond acceptors (Lipinski definition) is 2. The Hall–Kier alpha value is -1.07.